The Labute approximate surface area is 831 Å². The van der Waals surface area contributed by atoms with E-state index in [4.69, 9.17) is 38.9 Å². The highest BCUT2D eigenvalue weighted by molar-refractivity contribution is 6.02. The van der Waals surface area contributed by atoms with Gasteiger partial charge in [-0.05, 0) is 232 Å². The first kappa shape index (κ1) is 96.0. The van der Waals surface area contributed by atoms with Crippen LogP contribution < -0.4 is 26.6 Å². The van der Waals surface area contributed by atoms with Crippen molar-refractivity contribution in [2.24, 2.45) is 0 Å². The Morgan fingerprint density at radius 2 is 0.708 bits per heavy atom. The number of nitrogens with zero attached hydrogens (tertiary/aromatic N) is 14. The highest BCUT2D eigenvalue weighted by atomic mass is 16.5. The van der Waals surface area contributed by atoms with Crippen LogP contribution in [-0.2, 0) is 18.9 Å². The third-order valence-corrected chi connectivity index (χ3v) is 26.0. The quantitative estimate of drug-likeness (QED) is 0.0265. The van der Waals surface area contributed by atoms with Crippen molar-refractivity contribution in [3.63, 3.8) is 0 Å². The van der Waals surface area contributed by atoms with E-state index in [1.165, 1.54) is 79.8 Å². The maximum absolute atomic E-state index is 12.1. The Balaban J connectivity index is 0.000000115. The Kier molecular flexibility index (Phi) is 27.1. The van der Waals surface area contributed by atoms with Crippen molar-refractivity contribution in [2.75, 3.05) is 55.0 Å². The summed E-state index contributed by atoms with van der Waals surface area (Å²) >= 11 is 0. The molecule has 20 aromatic rings. The Hall–Kier alpha value is -16.9. The van der Waals surface area contributed by atoms with Crippen LogP contribution >= 0.6 is 0 Å². The normalized spacial score (nSPS) is 13.5. The highest BCUT2D eigenvalue weighted by Crippen LogP contribution is 2.44. The van der Waals surface area contributed by atoms with Gasteiger partial charge in [0, 0.05) is 93.5 Å². The lowest BCUT2D eigenvalue weighted by molar-refractivity contribution is 0.0592. The van der Waals surface area contributed by atoms with E-state index < -0.39 is 0 Å². The molecule has 0 bridgehead atoms. The standard InChI is InChI=1S/C29H29N5O2.C27H27N5O2.C20H17N3O.C19H23N5O2.C17H21N5O2/c1-18-24-16-21(12-13-25(24)33-32-18)19-8-10-20(11-9-19)27-28(30-23-6-4-3-5-7-23)34-15-14-22(29(35)36-2)17-26(34)31-27;1-16-21-14-19(10-11-22(21)31-30-16)17-6-8-18(9-7-17)24-25(29-27(2,3)4)32-13-12-20(26(33)34-5)15-23(32)28-24;24-16-11-8-13-5-1-2-6-15(13)18(16)19-20(21-14-9-10-14)23-12-4-3-7-17(23)22-19;1-12-20-11-15(21-12)17-18(22-14-6-4-3-5-7-14)24-9-8-13(19(25)26-2)10-16(24)23-17;1-10-18-9-12(19-10)14-15(21-17(2,3)4)22-7-6-11(16(23)24-5)8-13(22)20-14/h8-17,23,30H,3-7H2,1-2H3,(H,32,33);6-15,29H,1-5H3,(H,30,31);1-8,11-12,14,21,24H,9-10H2;8-11,14,22H,3-7H2,1-2H3,(H,20,21);6-9,21H,1-5H3,(H,18,19). The number of phenols is 1. The number of carbonyl (C=O) groups is 4. The van der Waals surface area contributed by atoms with Gasteiger partial charge in [-0.2, -0.15) is 10.2 Å². The number of aromatic nitrogens is 18. The lowest BCUT2D eigenvalue weighted by Crippen LogP contribution is -2.27. The molecule has 14 aromatic heterocycles. The van der Waals surface area contributed by atoms with E-state index in [9.17, 15) is 24.3 Å². The molecule has 32 heteroatoms. The molecule has 3 fully saturated rings. The lowest BCUT2D eigenvalue weighted by atomic mass is 9.95. The van der Waals surface area contributed by atoms with Crippen molar-refractivity contribution in [1.82, 2.24) is 87.3 Å². The van der Waals surface area contributed by atoms with Gasteiger partial charge < -0.3 is 60.6 Å². The third kappa shape index (κ3) is 20.7. The first-order chi connectivity index (χ1) is 69.6. The molecule has 0 spiro atoms. The number of rotatable bonds is 19. The van der Waals surface area contributed by atoms with E-state index in [1.54, 1.807) is 67.0 Å². The van der Waals surface area contributed by atoms with Crippen molar-refractivity contribution < 1.29 is 43.2 Å². The molecular weight excluding hydrogens is 1810 g/mol. The number of anilines is 5. The highest BCUT2D eigenvalue weighted by Gasteiger charge is 2.31. The number of benzene rings is 6. The van der Waals surface area contributed by atoms with Crippen molar-refractivity contribution in [3.8, 4) is 84.6 Å². The number of hydrogen-bond acceptors (Lipinski definition) is 23. The second-order valence-electron chi connectivity index (χ2n) is 38.9. The molecule has 14 heterocycles. The van der Waals surface area contributed by atoms with Gasteiger partial charge in [-0.15, -0.1) is 0 Å². The van der Waals surface area contributed by atoms with Gasteiger partial charge in [0.25, 0.3) is 0 Å². The summed E-state index contributed by atoms with van der Waals surface area (Å²) < 4.78 is 29.4. The van der Waals surface area contributed by atoms with Gasteiger partial charge in [-0.3, -0.25) is 32.2 Å². The topological polar surface area (TPSA) is 387 Å². The molecule has 0 radical (unpaired) electrons. The van der Waals surface area contributed by atoms with Crippen LogP contribution in [0.2, 0.25) is 0 Å². The van der Waals surface area contributed by atoms with Crippen molar-refractivity contribution >= 4 is 114 Å². The number of methoxy groups -OCH3 is 4. The monoisotopic (exact) mass is 1930 g/mol. The zero-order valence-electron chi connectivity index (χ0n) is 83.1. The molecule has 3 aliphatic rings. The van der Waals surface area contributed by atoms with Gasteiger partial charge in [-0.1, -0.05) is 136 Å². The molecule has 3 saturated carbocycles. The van der Waals surface area contributed by atoms with Gasteiger partial charge in [-0.25, -0.2) is 54.1 Å². The number of nitrogens with one attached hydrogen (secondary N) is 9. The number of fused-ring (bicyclic) bond motifs is 8. The predicted octanol–water partition coefficient (Wildman–Crippen LogP) is 23.3. The van der Waals surface area contributed by atoms with Gasteiger partial charge >= 0.3 is 23.9 Å². The molecule has 3 aliphatic carbocycles. The number of aromatic hydroxyl groups is 1. The molecule has 23 rings (SSSR count). The molecule has 0 unspecified atom stereocenters. The van der Waals surface area contributed by atoms with Gasteiger partial charge in [0.15, 0.2) is 0 Å². The summed E-state index contributed by atoms with van der Waals surface area (Å²) in [4.78, 5) is 86.9. The zero-order valence-corrected chi connectivity index (χ0v) is 83.1. The Morgan fingerprint density at radius 1 is 0.354 bits per heavy atom. The van der Waals surface area contributed by atoms with Crippen LogP contribution in [0.15, 0.2) is 231 Å². The molecule has 0 saturated heterocycles. The summed E-state index contributed by atoms with van der Waals surface area (Å²) in [5.41, 5.74) is 22.4. The van der Waals surface area contributed by atoms with Gasteiger partial charge in [0.1, 0.15) is 103 Å². The van der Waals surface area contributed by atoms with Crippen molar-refractivity contribution in [1.29, 1.82) is 0 Å². The molecule has 144 heavy (non-hydrogen) atoms. The maximum Gasteiger partial charge on any atom is 0.338 e. The van der Waals surface area contributed by atoms with Crippen molar-refractivity contribution in [2.45, 2.75) is 175 Å². The molecule has 10 N–H and O–H groups in total. The van der Waals surface area contributed by atoms with E-state index >= 15 is 0 Å². The number of pyridine rings is 5. The van der Waals surface area contributed by atoms with Crippen LogP contribution in [0.4, 0.5) is 29.1 Å². The average molecular weight is 1930 g/mol. The number of phenolic OH excluding ortho intramolecular Hbond substituents is 1. The van der Waals surface area contributed by atoms with Crippen LogP contribution in [0.3, 0.4) is 0 Å². The number of imidazole rings is 7. The number of carbonyl (C=O) groups excluding carboxylic acids is 4. The van der Waals surface area contributed by atoms with E-state index in [2.05, 4.69) is 203 Å². The third-order valence-electron chi connectivity index (χ3n) is 26.0. The van der Waals surface area contributed by atoms with E-state index in [1.807, 2.05) is 125 Å². The summed E-state index contributed by atoms with van der Waals surface area (Å²) in [5, 5.41) is 47.8. The average Bonchev–Trinajstić information content (AvgIpc) is 1.60. The minimum absolute atomic E-state index is 0.152. The number of aromatic amines is 4. The van der Waals surface area contributed by atoms with E-state index in [-0.39, 0.29) is 40.7 Å². The molecular formula is C112H117N23O9. The number of esters is 4. The Bertz CT molecular complexity index is 8160. The van der Waals surface area contributed by atoms with Gasteiger partial charge in [0.05, 0.1) is 91.1 Å². The van der Waals surface area contributed by atoms with E-state index in [0.717, 1.165) is 200 Å². The summed E-state index contributed by atoms with van der Waals surface area (Å²) in [5.74, 6) is 5.01. The fourth-order valence-electron chi connectivity index (χ4n) is 18.6. The lowest BCUT2D eigenvalue weighted by Gasteiger charge is -2.24. The minimum atomic E-state index is -0.384. The summed E-state index contributed by atoms with van der Waals surface area (Å²) in [6.07, 6.45) is 27.6. The molecule has 734 valence electrons. The number of hydrogen-bond donors (Lipinski definition) is 10. The fourth-order valence-corrected chi connectivity index (χ4v) is 18.6. The predicted molar refractivity (Wildman–Crippen MR) is 565 cm³/mol. The van der Waals surface area contributed by atoms with Crippen LogP contribution in [0, 0.1) is 27.7 Å². The van der Waals surface area contributed by atoms with Crippen molar-refractivity contribution in [3.05, 3.63) is 277 Å². The molecule has 6 aromatic carbocycles. The molecule has 0 atom stereocenters. The molecule has 0 aliphatic heterocycles. The Morgan fingerprint density at radius 3 is 1.12 bits per heavy atom. The maximum atomic E-state index is 12.1. The van der Waals surface area contributed by atoms with Crippen LogP contribution in [0.25, 0.3) is 140 Å². The number of ether oxygens (including phenoxy) is 4. The van der Waals surface area contributed by atoms with Gasteiger partial charge in [0.2, 0.25) is 0 Å². The second-order valence-corrected chi connectivity index (χ2v) is 38.9. The first-order valence-corrected chi connectivity index (χ1v) is 48.7. The largest absolute Gasteiger partial charge is 0.507 e. The van der Waals surface area contributed by atoms with E-state index in [0.29, 0.717) is 57.3 Å². The van der Waals surface area contributed by atoms with Crippen LogP contribution in [0.5, 0.6) is 5.75 Å². The molecule has 32 nitrogen and oxygen atoms in total. The summed E-state index contributed by atoms with van der Waals surface area (Å²) in [6, 6.07) is 62.7. The minimum Gasteiger partial charge on any atom is -0.507 e. The number of aryl methyl sites for hydroxylation is 4. The van der Waals surface area contributed by atoms with Crippen LogP contribution in [0.1, 0.15) is 183 Å². The summed E-state index contributed by atoms with van der Waals surface area (Å²) in [7, 11) is 5.52. The van der Waals surface area contributed by atoms with Crippen LogP contribution in [-0.4, -0.2) is 174 Å². The summed E-state index contributed by atoms with van der Waals surface area (Å²) in [6.45, 7) is 20.4. The first-order valence-electron chi connectivity index (χ1n) is 48.7. The smallest absolute Gasteiger partial charge is 0.338 e. The zero-order chi connectivity index (χ0) is 100. The number of H-pyrrole nitrogens is 4. The second kappa shape index (κ2) is 40.7. The SMILES string of the molecule is COC(=O)c1ccn2c(NC(C)(C)C)c(-c3ccc(-c4ccc5n[nH]c(C)c5c4)cc3)nc2c1.COC(=O)c1ccn2c(NC(C)(C)C)c(-c3cnc(C)[nH]3)nc2c1.COC(=O)c1ccn2c(NC3CCCCC3)c(-c3ccc(-c4ccc5n[nH]c(C)c5c4)cc3)nc2c1.COC(=O)c1ccn2c(NC3CCCCC3)c(-c3cnc(C)[nH]3)nc2c1.Oc1ccc2ccccc2c1-c1nc2ccccn2c1NC1CC1. The fraction of sp³-hybridized carbons (Fsp3) is 0.277. The molecule has 0 amide bonds.